The number of hydrogen-bond donors (Lipinski definition) is 1. The van der Waals surface area contributed by atoms with Crippen LogP contribution in [0.1, 0.15) is 37.1 Å². The Balaban J connectivity index is 1.96. The summed E-state index contributed by atoms with van der Waals surface area (Å²) >= 11 is 0. The van der Waals surface area contributed by atoms with Gasteiger partial charge in [0.2, 0.25) is 0 Å². The normalized spacial score (nSPS) is 19.3. The molecule has 0 aliphatic carbocycles. The van der Waals surface area contributed by atoms with Crippen molar-refractivity contribution in [3.63, 3.8) is 0 Å². The van der Waals surface area contributed by atoms with Gasteiger partial charge in [-0.2, -0.15) is 0 Å². The van der Waals surface area contributed by atoms with E-state index in [1.807, 2.05) is 43.3 Å². The highest BCUT2D eigenvalue weighted by atomic mass is 16.5. The van der Waals surface area contributed by atoms with Gasteiger partial charge in [0.25, 0.3) is 0 Å². The lowest BCUT2D eigenvalue weighted by molar-refractivity contribution is -0.143. The van der Waals surface area contributed by atoms with E-state index in [2.05, 4.69) is 16.0 Å². The van der Waals surface area contributed by atoms with Crippen LogP contribution in [-0.2, 0) is 4.79 Å². The molecule has 2 aromatic rings. The molecule has 0 bridgehead atoms. The zero-order chi connectivity index (χ0) is 17.6. The molecule has 0 radical (unpaired) electrons. The minimum Gasteiger partial charge on any atom is -0.494 e. The molecule has 2 heterocycles. The molecule has 5 heteroatoms. The van der Waals surface area contributed by atoms with Crippen molar-refractivity contribution in [2.45, 2.75) is 25.8 Å². The van der Waals surface area contributed by atoms with E-state index in [0.29, 0.717) is 13.2 Å². The maximum atomic E-state index is 11.5. The third kappa shape index (κ3) is 4.17. The van der Waals surface area contributed by atoms with Gasteiger partial charge in [0.1, 0.15) is 5.75 Å². The maximum Gasteiger partial charge on any atom is 0.307 e. The van der Waals surface area contributed by atoms with Gasteiger partial charge in [-0.1, -0.05) is 18.2 Å². The Hall–Kier alpha value is -2.40. The second-order valence-corrected chi connectivity index (χ2v) is 6.33. The average molecular weight is 340 g/mol. The van der Waals surface area contributed by atoms with Crippen molar-refractivity contribution in [2.24, 2.45) is 5.92 Å². The summed E-state index contributed by atoms with van der Waals surface area (Å²) in [7, 11) is 0. The number of carboxylic acid groups (broad SMARTS) is 1. The molecule has 2 atom stereocenters. The average Bonchev–Trinajstić information content (AvgIpc) is 2.64. The number of aliphatic carboxylic acids is 1. The highest BCUT2D eigenvalue weighted by molar-refractivity contribution is 5.70. The summed E-state index contributed by atoms with van der Waals surface area (Å²) in [6, 6.07) is 13.8. The van der Waals surface area contributed by atoms with Crippen LogP contribution in [0.25, 0.3) is 0 Å². The Morgan fingerprint density at radius 2 is 2.24 bits per heavy atom. The molecule has 3 rings (SSSR count). The van der Waals surface area contributed by atoms with E-state index >= 15 is 0 Å². The van der Waals surface area contributed by atoms with Crippen molar-refractivity contribution in [3.8, 4) is 5.75 Å². The number of likely N-dealkylation sites (tertiary alicyclic amines) is 1. The molecule has 1 aliphatic heterocycles. The molecule has 0 spiro atoms. The summed E-state index contributed by atoms with van der Waals surface area (Å²) < 4.78 is 5.65. The molecule has 1 aromatic carbocycles. The fourth-order valence-corrected chi connectivity index (χ4v) is 3.49. The van der Waals surface area contributed by atoms with Gasteiger partial charge in [0.15, 0.2) is 0 Å². The Morgan fingerprint density at radius 3 is 2.96 bits per heavy atom. The molecule has 2 unspecified atom stereocenters. The Morgan fingerprint density at radius 1 is 1.36 bits per heavy atom. The topological polar surface area (TPSA) is 62.7 Å². The number of nitrogens with zero attached hydrogens (tertiary/aromatic N) is 2. The van der Waals surface area contributed by atoms with Gasteiger partial charge >= 0.3 is 5.97 Å². The van der Waals surface area contributed by atoms with E-state index < -0.39 is 5.97 Å². The van der Waals surface area contributed by atoms with Crippen molar-refractivity contribution in [3.05, 3.63) is 59.9 Å². The minimum atomic E-state index is -0.715. The third-order valence-corrected chi connectivity index (χ3v) is 4.62. The van der Waals surface area contributed by atoms with E-state index in [0.717, 1.165) is 36.4 Å². The van der Waals surface area contributed by atoms with Crippen LogP contribution < -0.4 is 4.74 Å². The predicted octanol–water partition coefficient (Wildman–Crippen LogP) is 3.37. The Kier molecular flexibility index (Phi) is 5.66. The molecule has 0 saturated carbocycles. The van der Waals surface area contributed by atoms with E-state index in [4.69, 9.17) is 4.74 Å². The lowest BCUT2D eigenvalue weighted by Gasteiger charge is -2.37. The van der Waals surface area contributed by atoms with Gasteiger partial charge in [-0.05, 0) is 56.1 Å². The first-order chi connectivity index (χ1) is 12.2. The maximum absolute atomic E-state index is 11.5. The lowest BCUT2D eigenvalue weighted by atomic mass is 9.93. The monoisotopic (exact) mass is 340 g/mol. The number of pyridine rings is 1. The molecule has 1 fully saturated rings. The van der Waals surface area contributed by atoms with Gasteiger partial charge in [0, 0.05) is 12.7 Å². The van der Waals surface area contributed by atoms with E-state index in [1.54, 1.807) is 6.20 Å². The largest absolute Gasteiger partial charge is 0.494 e. The standard InChI is InChI=1S/C20H24N2O3/c1-2-25-17-9-5-7-15(13-17)19(18-10-3-4-11-21-18)22-12-6-8-16(14-22)20(23)24/h3-5,7,9-11,13,16,19H,2,6,8,12,14H2,1H3,(H,23,24). The van der Waals surface area contributed by atoms with Gasteiger partial charge in [-0.25, -0.2) is 0 Å². The molecular formula is C20H24N2O3. The zero-order valence-electron chi connectivity index (χ0n) is 14.5. The van der Waals surface area contributed by atoms with Gasteiger partial charge in [0.05, 0.1) is 24.3 Å². The highest BCUT2D eigenvalue weighted by Crippen LogP contribution is 2.33. The van der Waals surface area contributed by atoms with Gasteiger partial charge in [-0.15, -0.1) is 0 Å². The fraction of sp³-hybridized carbons (Fsp3) is 0.400. The first kappa shape index (κ1) is 17.4. The van der Waals surface area contributed by atoms with Crippen LogP contribution in [0.4, 0.5) is 0 Å². The van der Waals surface area contributed by atoms with Crippen LogP contribution in [0, 0.1) is 5.92 Å². The second kappa shape index (κ2) is 8.12. The summed E-state index contributed by atoms with van der Waals surface area (Å²) in [5.41, 5.74) is 2.01. The number of carbonyl (C=O) groups is 1. The van der Waals surface area contributed by atoms with E-state index in [1.165, 1.54) is 0 Å². The second-order valence-electron chi connectivity index (χ2n) is 6.33. The predicted molar refractivity (Wildman–Crippen MR) is 95.6 cm³/mol. The van der Waals surface area contributed by atoms with Crippen LogP contribution in [0.3, 0.4) is 0 Å². The van der Waals surface area contributed by atoms with E-state index in [9.17, 15) is 9.90 Å². The van der Waals surface area contributed by atoms with E-state index in [-0.39, 0.29) is 12.0 Å². The van der Waals surface area contributed by atoms with Crippen LogP contribution in [0.2, 0.25) is 0 Å². The summed E-state index contributed by atoms with van der Waals surface area (Å²) in [5.74, 6) is -0.213. The van der Waals surface area contributed by atoms with Crippen molar-refractivity contribution in [1.29, 1.82) is 0 Å². The van der Waals surface area contributed by atoms with Crippen LogP contribution in [-0.4, -0.2) is 40.7 Å². The summed E-state index contributed by atoms with van der Waals surface area (Å²) in [5, 5.41) is 9.43. The summed E-state index contributed by atoms with van der Waals surface area (Å²) in [6.45, 7) is 3.98. The summed E-state index contributed by atoms with van der Waals surface area (Å²) in [4.78, 5) is 18.3. The van der Waals surface area contributed by atoms with Gasteiger partial charge < -0.3 is 9.84 Å². The SMILES string of the molecule is CCOc1cccc(C(c2ccccn2)N2CCCC(C(=O)O)C2)c1. The molecule has 1 aromatic heterocycles. The number of hydrogen-bond acceptors (Lipinski definition) is 4. The number of benzene rings is 1. The first-order valence-electron chi connectivity index (χ1n) is 8.79. The first-order valence-corrected chi connectivity index (χ1v) is 8.79. The summed E-state index contributed by atoms with van der Waals surface area (Å²) in [6.07, 6.45) is 3.40. The molecule has 132 valence electrons. The molecule has 0 amide bonds. The van der Waals surface area contributed by atoms with Crippen molar-refractivity contribution in [1.82, 2.24) is 9.88 Å². The third-order valence-electron chi connectivity index (χ3n) is 4.62. The van der Waals surface area contributed by atoms with Crippen LogP contribution >= 0.6 is 0 Å². The highest BCUT2D eigenvalue weighted by Gasteiger charge is 2.31. The Bertz CT molecular complexity index is 705. The smallest absolute Gasteiger partial charge is 0.307 e. The lowest BCUT2D eigenvalue weighted by Crippen LogP contribution is -2.41. The zero-order valence-corrected chi connectivity index (χ0v) is 14.5. The number of ether oxygens (including phenoxy) is 1. The number of rotatable bonds is 6. The molecule has 1 aliphatic rings. The molecular weight excluding hydrogens is 316 g/mol. The van der Waals surface area contributed by atoms with Gasteiger partial charge in [-0.3, -0.25) is 14.7 Å². The number of carboxylic acids is 1. The van der Waals surface area contributed by atoms with Crippen molar-refractivity contribution in [2.75, 3.05) is 19.7 Å². The fourth-order valence-electron chi connectivity index (χ4n) is 3.49. The molecule has 1 N–H and O–H groups in total. The molecule has 1 saturated heterocycles. The Labute approximate surface area is 148 Å². The number of piperidine rings is 1. The van der Waals surface area contributed by atoms with Crippen LogP contribution in [0.15, 0.2) is 48.7 Å². The molecule has 25 heavy (non-hydrogen) atoms. The minimum absolute atomic E-state index is 0.0660. The van der Waals surface area contributed by atoms with Crippen LogP contribution in [0.5, 0.6) is 5.75 Å². The molecule has 5 nitrogen and oxygen atoms in total. The van der Waals surface area contributed by atoms with Crippen molar-refractivity contribution < 1.29 is 14.6 Å². The quantitative estimate of drug-likeness (QED) is 0.873. The number of aromatic nitrogens is 1. The van der Waals surface area contributed by atoms with Crippen molar-refractivity contribution >= 4 is 5.97 Å².